The lowest BCUT2D eigenvalue weighted by Crippen LogP contribution is -2.24. The van der Waals surface area contributed by atoms with E-state index in [1.807, 2.05) is 13.8 Å². The fourth-order valence-electron chi connectivity index (χ4n) is 1.71. The van der Waals surface area contributed by atoms with Gasteiger partial charge in [0.2, 0.25) is 0 Å². The van der Waals surface area contributed by atoms with E-state index in [4.69, 9.17) is 10.2 Å². The van der Waals surface area contributed by atoms with E-state index in [0.29, 0.717) is 18.7 Å². The SMILES string of the molecule is CC(C)(CCO)CNc1ccc([N+](=O)[O-])c(C(=O)O)c1. The summed E-state index contributed by atoms with van der Waals surface area (Å²) in [5.74, 6) is -1.34. The molecule has 0 saturated carbocycles. The molecule has 1 rings (SSSR count). The number of aliphatic hydroxyl groups is 1. The molecule has 1 aromatic rings. The van der Waals surface area contributed by atoms with Gasteiger partial charge in [-0.1, -0.05) is 13.8 Å². The lowest BCUT2D eigenvalue weighted by atomic mass is 9.89. The number of hydrogen-bond donors (Lipinski definition) is 3. The number of nitrogens with one attached hydrogen (secondary N) is 1. The lowest BCUT2D eigenvalue weighted by Gasteiger charge is -2.24. The van der Waals surface area contributed by atoms with Crippen molar-refractivity contribution in [2.45, 2.75) is 20.3 Å². The molecule has 0 heterocycles. The van der Waals surface area contributed by atoms with Gasteiger partial charge in [0, 0.05) is 24.9 Å². The highest BCUT2D eigenvalue weighted by atomic mass is 16.6. The van der Waals surface area contributed by atoms with Crippen LogP contribution < -0.4 is 5.32 Å². The van der Waals surface area contributed by atoms with Gasteiger partial charge in [0.1, 0.15) is 5.56 Å². The number of carbonyl (C=O) groups is 1. The number of hydrogen-bond acceptors (Lipinski definition) is 5. The van der Waals surface area contributed by atoms with Crippen molar-refractivity contribution in [3.8, 4) is 0 Å². The summed E-state index contributed by atoms with van der Waals surface area (Å²) in [6.45, 7) is 4.50. The third kappa shape index (κ3) is 4.20. The zero-order chi connectivity index (χ0) is 15.3. The molecule has 20 heavy (non-hydrogen) atoms. The number of nitro groups is 1. The minimum atomic E-state index is -1.34. The standard InChI is InChI=1S/C13H18N2O5/c1-13(2,5-6-16)8-14-9-3-4-11(15(19)20)10(7-9)12(17)18/h3-4,7,14,16H,5-6,8H2,1-2H3,(H,17,18). The summed E-state index contributed by atoms with van der Waals surface area (Å²) in [5, 5.41) is 31.7. The van der Waals surface area contributed by atoms with E-state index in [1.165, 1.54) is 18.2 Å². The van der Waals surface area contributed by atoms with E-state index in [9.17, 15) is 14.9 Å². The van der Waals surface area contributed by atoms with Crippen molar-refractivity contribution < 1.29 is 19.9 Å². The van der Waals surface area contributed by atoms with Crippen LogP contribution in [0.3, 0.4) is 0 Å². The number of nitrogens with zero attached hydrogens (tertiary/aromatic N) is 1. The van der Waals surface area contributed by atoms with Crippen molar-refractivity contribution in [1.82, 2.24) is 0 Å². The average molecular weight is 282 g/mol. The van der Waals surface area contributed by atoms with Crippen molar-refractivity contribution in [2.75, 3.05) is 18.5 Å². The molecular formula is C13H18N2O5. The van der Waals surface area contributed by atoms with E-state index in [0.717, 1.165) is 0 Å². The molecule has 0 radical (unpaired) electrons. The largest absolute Gasteiger partial charge is 0.477 e. The summed E-state index contributed by atoms with van der Waals surface area (Å²) in [5.41, 5.74) is -0.448. The Morgan fingerprint density at radius 3 is 2.60 bits per heavy atom. The van der Waals surface area contributed by atoms with Crippen LogP contribution in [0.15, 0.2) is 18.2 Å². The van der Waals surface area contributed by atoms with Crippen LogP contribution in [0.5, 0.6) is 0 Å². The van der Waals surface area contributed by atoms with E-state index in [2.05, 4.69) is 5.32 Å². The highest BCUT2D eigenvalue weighted by molar-refractivity contribution is 5.93. The molecular weight excluding hydrogens is 264 g/mol. The number of aliphatic hydroxyl groups excluding tert-OH is 1. The van der Waals surface area contributed by atoms with Gasteiger partial charge in [-0.3, -0.25) is 10.1 Å². The van der Waals surface area contributed by atoms with Crippen LogP contribution in [-0.2, 0) is 0 Å². The van der Waals surface area contributed by atoms with Crippen molar-refractivity contribution >= 4 is 17.3 Å². The number of carboxylic acids is 1. The molecule has 1 aromatic carbocycles. The number of aromatic carboxylic acids is 1. The zero-order valence-electron chi connectivity index (χ0n) is 11.4. The second kappa shape index (κ2) is 6.33. The van der Waals surface area contributed by atoms with Gasteiger partial charge in [-0.2, -0.15) is 0 Å². The summed E-state index contributed by atoms with van der Waals surface area (Å²) < 4.78 is 0. The van der Waals surface area contributed by atoms with Gasteiger partial charge < -0.3 is 15.5 Å². The first-order valence-electron chi connectivity index (χ1n) is 6.13. The Bertz CT molecular complexity index is 513. The van der Waals surface area contributed by atoms with Crippen LogP contribution in [0.2, 0.25) is 0 Å². The Morgan fingerprint density at radius 1 is 1.45 bits per heavy atom. The monoisotopic (exact) mass is 282 g/mol. The van der Waals surface area contributed by atoms with E-state index < -0.39 is 16.6 Å². The van der Waals surface area contributed by atoms with Gasteiger partial charge in [0.15, 0.2) is 0 Å². The summed E-state index contributed by atoms with van der Waals surface area (Å²) in [6, 6.07) is 3.89. The highest BCUT2D eigenvalue weighted by Crippen LogP contribution is 2.25. The second-order valence-electron chi connectivity index (χ2n) is 5.29. The number of nitro benzene ring substituents is 1. The predicted octanol–water partition coefficient (Wildman–Crippen LogP) is 2.11. The second-order valence-corrected chi connectivity index (χ2v) is 5.29. The van der Waals surface area contributed by atoms with Crippen molar-refractivity contribution in [2.24, 2.45) is 5.41 Å². The molecule has 3 N–H and O–H groups in total. The molecule has 0 spiro atoms. The number of carboxylic acid groups (broad SMARTS) is 1. The van der Waals surface area contributed by atoms with Gasteiger partial charge >= 0.3 is 5.97 Å². The Morgan fingerprint density at radius 2 is 2.10 bits per heavy atom. The van der Waals surface area contributed by atoms with Gasteiger partial charge in [0.05, 0.1) is 4.92 Å². The van der Waals surface area contributed by atoms with Crippen LogP contribution in [-0.4, -0.2) is 34.3 Å². The number of rotatable bonds is 7. The molecule has 0 bridgehead atoms. The molecule has 0 fully saturated rings. The fraction of sp³-hybridized carbons (Fsp3) is 0.462. The van der Waals surface area contributed by atoms with Gasteiger partial charge in [-0.05, 0) is 24.0 Å². The number of anilines is 1. The summed E-state index contributed by atoms with van der Waals surface area (Å²) in [7, 11) is 0. The molecule has 0 amide bonds. The fourth-order valence-corrected chi connectivity index (χ4v) is 1.71. The van der Waals surface area contributed by atoms with Crippen molar-refractivity contribution in [3.63, 3.8) is 0 Å². The molecule has 110 valence electrons. The molecule has 0 saturated heterocycles. The lowest BCUT2D eigenvalue weighted by molar-refractivity contribution is -0.385. The summed E-state index contributed by atoms with van der Waals surface area (Å²) in [4.78, 5) is 21.0. The van der Waals surface area contributed by atoms with Gasteiger partial charge in [0.25, 0.3) is 5.69 Å². The van der Waals surface area contributed by atoms with Crippen LogP contribution in [0, 0.1) is 15.5 Å². The normalized spacial score (nSPS) is 11.2. The minimum absolute atomic E-state index is 0.0648. The maximum Gasteiger partial charge on any atom is 0.342 e. The van der Waals surface area contributed by atoms with Crippen LogP contribution >= 0.6 is 0 Å². The Balaban J connectivity index is 2.91. The zero-order valence-corrected chi connectivity index (χ0v) is 11.4. The molecule has 0 unspecified atom stereocenters. The first-order valence-corrected chi connectivity index (χ1v) is 6.13. The molecule has 0 aliphatic carbocycles. The van der Waals surface area contributed by atoms with Gasteiger partial charge in [-0.25, -0.2) is 4.79 Å². The molecule has 0 aliphatic heterocycles. The van der Waals surface area contributed by atoms with Crippen LogP contribution in [0.1, 0.15) is 30.6 Å². The summed E-state index contributed by atoms with van der Waals surface area (Å²) in [6.07, 6.45) is 0.596. The maximum absolute atomic E-state index is 11.0. The topological polar surface area (TPSA) is 113 Å². The van der Waals surface area contributed by atoms with Crippen molar-refractivity contribution in [3.05, 3.63) is 33.9 Å². The predicted molar refractivity (Wildman–Crippen MR) is 74.0 cm³/mol. The Hall–Kier alpha value is -2.15. The van der Waals surface area contributed by atoms with E-state index in [1.54, 1.807) is 0 Å². The minimum Gasteiger partial charge on any atom is -0.477 e. The highest BCUT2D eigenvalue weighted by Gasteiger charge is 2.21. The summed E-state index contributed by atoms with van der Waals surface area (Å²) >= 11 is 0. The quantitative estimate of drug-likeness (QED) is 0.521. The molecule has 0 atom stereocenters. The first-order chi connectivity index (χ1) is 9.26. The molecule has 0 aromatic heterocycles. The first kappa shape index (κ1) is 15.9. The van der Waals surface area contributed by atoms with Crippen molar-refractivity contribution in [1.29, 1.82) is 0 Å². The van der Waals surface area contributed by atoms with E-state index >= 15 is 0 Å². The number of benzene rings is 1. The third-order valence-electron chi connectivity index (χ3n) is 2.98. The Labute approximate surface area is 116 Å². The smallest absolute Gasteiger partial charge is 0.342 e. The maximum atomic E-state index is 11.0. The molecule has 0 aliphatic rings. The van der Waals surface area contributed by atoms with Gasteiger partial charge in [-0.15, -0.1) is 0 Å². The molecule has 7 nitrogen and oxygen atoms in total. The van der Waals surface area contributed by atoms with Crippen LogP contribution in [0.4, 0.5) is 11.4 Å². The molecule has 7 heteroatoms. The van der Waals surface area contributed by atoms with Crippen LogP contribution in [0.25, 0.3) is 0 Å². The van der Waals surface area contributed by atoms with E-state index in [-0.39, 0.29) is 17.6 Å². The average Bonchev–Trinajstić information content (AvgIpc) is 2.35. The third-order valence-corrected chi connectivity index (χ3v) is 2.98. The Kier molecular flexibility index (Phi) is 5.04.